The fourth-order valence-corrected chi connectivity index (χ4v) is 2.53. The minimum Gasteiger partial charge on any atom is -0.394 e. The lowest BCUT2D eigenvalue weighted by molar-refractivity contribution is 0.598. The number of fused-ring (bicyclic) bond motifs is 1. The van der Waals surface area contributed by atoms with Crippen LogP contribution >= 0.6 is 0 Å². The summed E-state index contributed by atoms with van der Waals surface area (Å²) in [5.74, 6) is 0.728. The molecule has 0 fully saturated rings. The molecule has 1 aromatic heterocycles. The number of nitrogen functional groups attached to an aromatic ring is 1. The molecule has 0 saturated carbocycles. The highest BCUT2D eigenvalue weighted by atomic mass is 15.1. The van der Waals surface area contributed by atoms with Crippen molar-refractivity contribution < 1.29 is 0 Å². The average molecular weight is 240 g/mol. The first-order valence-corrected chi connectivity index (χ1v) is 6.24. The van der Waals surface area contributed by atoms with Crippen molar-refractivity contribution in [3.63, 3.8) is 0 Å². The molecule has 0 bridgehead atoms. The van der Waals surface area contributed by atoms with Crippen LogP contribution in [0.15, 0.2) is 36.8 Å². The lowest BCUT2D eigenvalue weighted by Gasteiger charge is -2.27. The summed E-state index contributed by atoms with van der Waals surface area (Å²) in [5, 5.41) is 3.43. The van der Waals surface area contributed by atoms with Gasteiger partial charge < -0.3 is 11.1 Å². The van der Waals surface area contributed by atoms with E-state index in [1.165, 1.54) is 23.9 Å². The Bertz CT molecular complexity index is 553. The van der Waals surface area contributed by atoms with Crippen molar-refractivity contribution in [2.24, 2.45) is 0 Å². The third kappa shape index (κ3) is 2.01. The second-order valence-electron chi connectivity index (χ2n) is 4.61. The van der Waals surface area contributed by atoms with Gasteiger partial charge >= 0.3 is 0 Å². The van der Waals surface area contributed by atoms with Crippen molar-refractivity contribution >= 4 is 11.5 Å². The molecule has 1 atom stereocenters. The number of nitrogens with two attached hydrogens (primary N) is 1. The summed E-state index contributed by atoms with van der Waals surface area (Å²) in [6.45, 7) is 0. The zero-order valence-corrected chi connectivity index (χ0v) is 10.1. The summed E-state index contributed by atoms with van der Waals surface area (Å²) < 4.78 is 0. The molecule has 2 aromatic rings. The zero-order chi connectivity index (χ0) is 12.4. The number of hydrogen-bond acceptors (Lipinski definition) is 4. The van der Waals surface area contributed by atoms with Crippen LogP contribution in [0.1, 0.15) is 30.0 Å². The predicted octanol–water partition coefficient (Wildman–Crippen LogP) is 2.55. The van der Waals surface area contributed by atoms with Crippen LogP contribution in [0.4, 0.5) is 11.5 Å². The van der Waals surface area contributed by atoms with E-state index in [4.69, 9.17) is 5.73 Å². The molecule has 3 N–H and O–H groups in total. The van der Waals surface area contributed by atoms with Gasteiger partial charge in [-0.15, -0.1) is 0 Å². The number of nitrogens with one attached hydrogen (secondary N) is 1. The van der Waals surface area contributed by atoms with Crippen LogP contribution in [0.5, 0.6) is 0 Å². The Hall–Kier alpha value is -2.10. The number of nitrogens with zero attached hydrogens (tertiary/aromatic N) is 2. The minimum atomic E-state index is 0.298. The largest absolute Gasteiger partial charge is 0.394 e. The van der Waals surface area contributed by atoms with Gasteiger partial charge in [-0.25, -0.2) is 9.97 Å². The van der Waals surface area contributed by atoms with Crippen molar-refractivity contribution in [2.45, 2.75) is 25.3 Å². The number of hydrogen-bond donors (Lipinski definition) is 2. The van der Waals surface area contributed by atoms with Gasteiger partial charge in [-0.3, -0.25) is 0 Å². The molecule has 4 nitrogen and oxygen atoms in total. The third-order valence-corrected chi connectivity index (χ3v) is 3.42. The lowest BCUT2D eigenvalue weighted by atomic mass is 9.88. The van der Waals surface area contributed by atoms with E-state index in [2.05, 4.69) is 39.6 Å². The van der Waals surface area contributed by atoms with E-state index in [0.717, 1.165) is 18.7 Å². The Kier molecular flexibility index (Phi) is 2.84. The smallest absolute Gasteiger partial charge is 0.153 e. The van der Waals surface area contributed by atoms with Gasteiger partial charge in [-0.2, -0.15) is 0 Å². The Morgan fingerprint density at radius 2 is 2.17 bits per heavy atom. The lowest BCUT2D eigenvalue weighted by Crippen LogP contribution is -2.18. The van der Waals surface area contributed by atoms with Crippen LogP contribution in [-0.2, 0) is 6.42 Å². The van der Waals surface area contributed by atoms with Crippen molar-refractivity contribution in [2.75, 3.05) is 11.1 Å². The molecule has 1 aromatic carbocycles. The summed E-state index contributed by atoms with van der Waals surface area (Å²) in [4.78, 5) is 8.10. The maximum absolute atomic E-state index is 5.87. The fraction of sp³-hybridized carbons (Fsp3) is 0.286. The molecule has 1 heterocycles. The highest BCUT2D eigenvalue weighted by Crippen LogP contribution is 2.32. The summed E-state index contributed by atoms with van der Waals surface area (Å²) in [5.41, 5.74) is 9.26. The molecule has 1 unspecified atom stereocenters. The van der Waals surface area contributed by atoms with Crippen molar-refractivity contribution in [3.8, 4) is 0 Å². The van der Waals surface area contributed by atoms with Gasteiger partial charge in [0.2, 0.25) is 0 Å². The number of aromatic nitrogens is 2. The molecule has 0 spiro atoms. The Morgan fingerprint density at radius 3 is 3.06 bits per heavy atom. The molecule has 4 heteroatoms. The Morgan fingerprint density at radius 1 is 1.28 bits per heavy atom. The molecule has 1 aliphatic rings. The van der Waals surface area contributed by atoms with Crippen molar-refractivity contribution in [1.82, 2.24) is 9.97 Å². The van der Waals surface area contributed by atoms with Crippen LogP contribution in [0.3, 0.4) is 0 Å². The molecular formula is C14H16N4. The van der Waals surface area contributed by atoms with Crippen LogP contribution < -0.4 is 11.1 Å². The molecule has 1 aliphatic carbocycles. The highest BCUT2D eigenvalue weighted by molar-refractivity contribution is 5.60. The normalized spacial score (nSPS) is 18.1. The van der Waals surface area contributed by atoms with Gasteiger partial charge in [0.05, 0.1) is 17.9 Å². The molecule has 0 amide bonds. The maximum atomic E-state index is 5.87. The molecule has 3 rings (SSSR count). The predicted molar refractivity (Wildman–Crippen MR) is 72.2 cm³/mol. The van der Waals surface area contributed by atoms with Crippen LogP contribution in [0.2, 0.25) is 0 Å². The second kappa shape index (κ2) is 4.64. The van der Waals surface area contributed by atoms with Crippen molar-refractivity contribution in [1.29, 1.82) is 0 Å². The monoisotopic (exact) mass is 240 g/mol. The van der Waals surface area contributed by atoms with E-state index in [0.29, 0.717) is 11.7 Å². The number of anilines is 2. The van der Waals surface area contributed by atoms with Gasteiger partial charge in [-0.05, 0) is 30.4 Å². The van der Waals surface area contributed by atoms with E-state index in [-0.39, 0.29) is 0 Å². The standard InChI is InChI=1S/C14H16N4/c15-12-8-16-9-17-14(12)18-13-7-3-5-10-4-1-2-6-11(10)13/h1-2,4,6,8-9,13H,3,5,7,15H2,(H,16,17,18). The van der Waals surface area contributed by atoms with E-state index in [1.54, 1.807) is 6.20 Å². The van der Waals surface area contributed by atoms with Crippen molar-refractivity contribution in [3.05, 3.63) is 47.9 Å². The van der Waals surface area contributed by atoms with E-state index in [9.17, 15) is 0 Å². The van der Waals surface area contributed by atoms with E-state index < -0.39 is 0 Å². The van der Waals surface area contributed by atoms with Gasteiger partial charge in [-0.1, -0.05) is 24.3 Å². The van der Waals surface area contributed by atoms with Gasteiger partial charge in [0.1, 0.15) is 6.33 Å². The highest BCUT2D eigenvalue weighted by Gasteiger charge is 2.20. The molecular weight excluding hydrogens is 224 g/mol. The molecule has 92 valence electrons. The average Bonchev–Trinajstić information content (AvgIpc) is 2.42. The first-order chi connectivity index (χ1) is 8.84. The van der Waals surface area contributed by atoms with Gasteiger partial charge in [0, 0.05) is 0 Å². The summed E-state index contributed by atoms with van der Waals surface area (Å²) in [7, 11) is 0. The SMILES string of the molecule is Nc1cncnc1NC1CCCc2ccccc21. The molecule has 0 saturated heterocycles. The number of rotatable bonds is 2. The first-order valence-electron chi connectivity index (χ1n) is 6.24. The quantitative estimate of drug-likeness (QED) is 0.846. The summed E-state index contributed by atoms with van der Waals surface area (Å²) in [6.07, 6.45) is 6.62. The zero-order valence-electron chi connectivity index (χ0n) is 10.1. The molecule has 0 aliphatic heterocycles. The van der Waals surface area contributed by atoms with Crippen LogP contribution in [0, 0.1) is 0 Å². The molecule has 18 heavy (non-hydrogen) atoms. The number of benzene rings is 1. The molecule has 0 radical (unpaired) electrons. The maximum Gasteiger partial charge on any atom is 0.153 e. The first kappa shape index (κ1) is 11.0. The Balaban J connectivity index is 1.89. The van der Waals surface area contributed by atoms with Gasteiger partial charge in [0.15, 0.2) is 5.82 Å². The summed E-state index contributed by atoms with van der Waals surface area (Å²) >= 11 is 0. The van der Waals surface area contributed by atoms with E-state index >= 15 is 0 Å². The second-order valence-corrected chi connectivity index (χ2v) is 4.61. The van der Waals surface area contributed by atoms with E-state index in [1.807, 2.05) is 0 Å². The fourth-order valence-electron chi connectivity index (χ4n) is 2.53. The minimum absolute atomic E-state index is 0.298. The van der Waals surface area contributed by atoms with Gasteiger partial charge in [0.25, 0.3) is 0 Å². The number of aryl methyl sites for hydroxylation is 1. The third-order valence-electron chi connectivity index (χ3n) is 3.42. The summed E-state index contributed by atoms with van der Waals surface area (Å²) in [6, 6.07) is 8.87. The topological polar surface area (TPSA) is 63.8 Å². The van der Waals surface area contributed by atoms with Crippen LogP contribution in [0.25, 0.3) is 0 Å². The van der Waals surface area contributed by atoms with Crippen LogP contribution in [-0.4, -0.2) is 9.97 Å². The Labute approximate surface area is 106 Å².